The second-order valence-electron chi connectivity index (χ2n) is 9.95. The largest absolute Gasteiger partial charge is 0.490 e. The van der Waals surface area contributed by atoms with E-state index in [-0.39, 0.29) is 0 Å². The molecule has 2 aromatic carbocycles. The fraction of sp³-hybridized carbons (Fsp3) is 0.556. The summed E-state index contributed by atoms with van der Waals surface area (Å²) < 4.78 is 13.1. The van der Waals surface area contributed by atoms with Gasteiger partial charge in [0.05, 0.1) is 11.1 Å². The summed E-state index contributed by atoms with van der Waals surface area (Å²) in [4.78, 5) is 0. The highest BCUT2D eigenvalue weighted by atomic mass is 79.9. The maximum absolute atomic E-state index is 6.18. The standard InChI is InChI=1S/C27H34BrNO2/c1-3-30-25-14-21(13-24(28)27(25)31-16-18-6-4-17(2)5-7-18)15-29-26-22-9-19-8-20(11-22)12-23(26)10-19/h4-7,13-14,19-20,22-23,26,29H,3,8-12,15-16H2,1-2H3. The van der Waals surface area contributed by atoms with Crippen LogP contribution < -0.4 is 14.8 Å². The minimum Gasteiger partial charge on any atom is -0.490 e. The molecule has 0 radical (unpaired) electrons. The Hall–Kier alpha value is -1.52. The number of hydrogen-bond donors (Lipinski definition) is 1. The monoisotopic (exact) mass is 483 g/mol. The third-order valence-electron chi connectivity index (χ3n) is 7.64. The van der Waals surface area contributed by atoms with Gasteiger partial charge >= 0.3 is 0 Å². The molecule has 0 atom stereocenters. The van der Waals surface area contributed by atoms with Gasteiger partial charge in [-0.2, -0.15) is 0 Å². The molecule has 4 heteroatoms. The average Bonchev–Trinajstić information content (AvgIpc) is 2.74. The van der Waals surface area contributed by atoms with Gasteiger partial charge in [0.1, 0.15) is 6.61 Å². The van der Waals surface area contributed by atoms with Crippen molar-refractivity contribution in [1.82, 2.24) is 5.32 Å². The SMILES string of the molecule is CCOc1cc(CNC2C3CC4CC(C3)CC2C4)cc(Br)c1OCc1ccc(C)cc1. The number of aryl methyl sites for hydroxylation is 1. The highest BCUT2D eigenvalue weighted by Gasteiger charge is 2.47. The second-order valence-corrected chi connectivity index (χ2v) is 10.8. The summed E-state index contributed by atoms with van der Waals surface area (Å²) in [7, 11) is 0. The molecule has 0 amide bonds. The third kappa shape index (κ3) is 4.66. The topological polar surface area (TPSA) is 30.5 Å². The first-order valence-electron chi connectivity index (χ1n) is 12.0. The fourth-order valence-electron chi connectivity index (χ4n) is 6.46. The van der Waals surface area contributed by atoms with E-state index in [4.69, 9.17) is 9.47 Å². The van der Waals surface area contributed by atoms with Gasteiger partial charge in [0.15, 0.2) is 11.5 Å². The van der Waals surface area contributed by atoms with Crippen molar-refractivity contribution in [3.63, 3.8) is 0 Å². The van der Waals surface area contributed by atoms with Crippen molar-refractivity contribution in [3.8, 4) is 11.5 Å². The Morgan fingerprint density at radius 2 is 1.58 bits per heavy atom. The summed E-state index contributed by atoms with van der Waals surface area (Å²) in [6, 6.07) is 13.5. The molecule has 3 nitrogen and oxygen atoms in total. The first kappa shape index (κ1) is 21.3. The van der Waals surface area contributed by atoms with E-state index in [1.165, 1.54) is 43.2 Å². The summed E-state index contributed by atoms with van der Waals surface area (Å²) in [5, 5.41) is 3.94. The molecule has 31 heavy (non-hydrogen) atoms. The van der Waals surface area contributed by atoms with Gasteiger partial charge < -0.3 is 14.8 Å². The maximum Gasteiger partial charge on any atom is 0.175 e. The van der Waals surface area contributed by atoms with Crippen LogP contribution in [0.3, 0.4) is 0 Å². The van der Waals surface area contributed by atoms with Crippen molar-refractivity contribution in [2.45, 2.75) is 65.1 Å². The van der Waals surface area contributed by atoms with Crippen molar-refractivity contribution in [2.24, 2.45) is 23.7 Å². The van der Waals surface area contributed by atoms with Crippen LogP contribution in [0, 0.1) is 30.6 Å². The Kier molecular flexibility index (Phi) is 6.30. The predicted molar refractivity (Wildman–Crippen MR) is 128 cm³/mol. The van der Waals surface area contributed by atoms with E-state index in [0.717, 1.165) is 51.8 Å². The third-order valence-corrected chi connectivity index (χ3v) is 8.23. The normalized spacial score (nSPS) is 28.7. The van der Waals surface area contributed by atoms with Crippen molar-refractivity contribution in [3.05, 3.63) is 57.6 Å². The average molecular weight is 484 g/mol. The van der Waals surface area contributed by atoms with Gasteiger partial charge in [0.2, 0.25) is 0 Å². The van der Waals surface area contributed by atoms with Crippen molar-refractivity contribution in [1.29, 1.82) is 0 Å². The molecule has 166 valence electrons. The molecule has 4 aliphatic carbocycles. The summed E-state index contributed by atoms with van der Waals surface area (Å²) in [6.45, 7) is 6.18. The summed E-state index contributed by atoms with van der Waals surface area (Å²) in [5.41, 5.74) is 3.68. The van der Waals surface area contributed by atoms with Crippen LogP contribution in [0.15, 0.2) is 40.9 Å². The van der Waals surface area contributed by atoms with Crippen LogP contribution in [0.4, 0.5) is 0 Å². The Labute approximate surface area is 195 Å². The molecule has 2 aromatic rings. The Morgan fingerprint density at radius 3 is 2.23 bits per heavy atom. The van der Waals surface area contributed by atoms with Crippen molar-refractivity contribution >= 4 is 15.9 Å². The molecular formula is C27H34BrNO2. The zero-order valence-corrected chi connectivity index (χ0v) is 20.3. The molecule has 0 aromatic heterocycles. The van der Waals surface area contributed by atoms with Crippen LogP contribution in [0.5, 0.6) is 11.5 Å². The quantitative estimate of drug-likeness (QED) is 0.455. The van der Waals surface area contributed by atoms with E-state index >= 15 is 0 Å². The molecule has 4 aliphatic rings. The summed E-state index contributed by atoms with van der Waals surface area (Å²) >= 11 is 3.75. The van der Waals surface area contributed by atoms with Crippen LogP contribution in [0.25, 0.3) is 0 Å². The Morgan fingerprint density at radius 1 is 0.903 bits per heavy atom. The minimum atomic E-state index is 0.532. The van der Waals surface area contributed by atoms with Gasteiger partial charge in [-0.1, -0.05) is 29.8 Å². The van der Waals surface area contributed by atoms with E-state index in [0.29, 0.717) is 19.3 Å². The Bertz CT molecular complexity index is 882. The lowest BCUT2D eigenvalue weighted by molar-refractivity contribution is -0.0142. The minimum absolute atomic E-state index is 0.532. The first-order valence-corrected chi connectivity index (χ1v) is 12.7. The van der Waals surface area contributed by atoms with Gasteiger partial charge in [0.25, 0.3) is 0 Å². The predicted octanol–water partition coefficient (Wildman–Crippen LogP) is 6.65. The van der Waals surface area contributed by atoms with Gasteiger partial charge in [-0.15, -0.1) is 0 Å². The van der Waals surface area contributed by atoms with Crippen LogP contribution >= 0.6 is 15.9 Å². The highest BCUT2D eigenvalue weighted by molar-refractivity contribution is 9.10. The lowest BCUT2D eigenvalue weighted by atomic mass is 9.54. The van der Waals surface area contributed by atoms with E-state index < -0.39 is 0 Å². The number of halogens is 1. The van der Waals surface area contributed by atoms with E-state index in [9.17, 15) is 0 Å². The molecule has 0 unspecified atom stereocenters. The molecule has 4 fully saturated rings. The number of hydrogen-bond acceptors (Lipinski definition) is 3. The number of rotatable bonds is 8. The molecule has 6 rings (SSSR count). The molecular weight excluding hydrogens is 450 g/mol. The molecule has 1 N–H and O–H groups in total. The molecule has 0 spiro atoms. The van der Waals surface area contributed by atoms with Gasteiger partial charge in [-0.25, -0.2) is 0 Å². The van der Waals surface area contributed by atoms with E-state index in [2.05, 4.69) is 64.6 Å². The smallest absolute Gasteiger partial charge is 0.175 e. The van der Waals surface area contributed by atoms with Gasteiger partial charge in [0, 0.05) is 12.6 Å². The zero-order chi connectivity index (χ0) is 21.4. The van der Waals surface area contributed by atoms with Gasteiger partial charge in [-0.3, -0.25) is 0 Å². The number of benzene rings is 2. The molecule has 4 saturated carbocycles. The zero-order valence-electron chi connectivity index (χ0n) is 18.7. The molecule has 0 heterocycles. The molecule has 4 bridgehead atoms. The lowest BCUT2D eigenvalue weighted by Crippen LogP contribution is -2.54. The van der Waals surface area contributed by atoms with Crippen LogP contribution in [-0.4, -0.2) is 12.6 Å². The summed E-state index contributed by atoms with van der Waals surface area (Å²) in [5.74, 6) is 5.44. The summed E-state index contributed by atoms with van der Waals surface area (Å²) in [6.07, 6.45) is 7.30. The van der Waals surface area contributed by atoms with Gasteiger partial charge in [-0.05, 0) is 109 Å². The highest BCUT2D eigenvalue weighted by Crippen LogP contribution is 2.53. The lowest BCUT2D eigenvalue weighted by Gasteiger charge is -2.54. The van der Waals surface area contributed by atoms with Crippen LogP contribution in [-0.2, 0) is 13.2 Å². The molecule has 0 saturated heterocycles. The fourth-order valence-corrected chi connectivity index (χ4v) is 7.06. The number of nitrogens with one attached hydrogen (secondary N) is 1. The second kappa shape index (κ2) is 9.15. The Balaban J connectivity index is 1.27. The molecule has 0 aliphatic heterocycles. The first-order chi connectivity index (χ1) is 15.1. The number of ether oxygens (including phenoxy) is 2. The maximum atomic E-state index is 6.18. The van der Waals surface area contributed by atoms with Crippen LogP contribution in [0.2, 0.25) is 0 Å². The van der Waals surface area contributed by atoms with E-state index in [1.807, 2.05) is 6.92 Å². The van der Waals surface area contributed by atoms with Crippen molar-refractivity contribution in [2.75, 3.05) is 6.61 Å². The van der Waals surface area contributed by atoms with E-state index in [1.54, 1.807) is 0 Å². The van der Waals surface area contributed by atoms with Crippen molar-refractivity contribution < 1.29 is 9.47 Å². The van der Waals surface area contributed by atoms with Crippen LogP contribution in [0.1, 0.15) is 55.7 Å².